The second-order valence-corrected chi connectivity index (χ2v) is 3.09. The van der Waals surface area contributed by atoms with Crippen LogP contribution < -0.4 is 0 Å². The lowest BCUT2D eigenvalue weighted by Crippen LogP contribution is -2.24. The predicted octanol–water partition coefficient (Wildman–Crippen LogP) is 1.20. The van der Waals surface area contributed by atoms with Gasteiger partial charge in [-0.05, 0) is 17.5 Å². The molecule has 3 heteroatoms. The Bertz CT molecular complexity index is 378. The summed E-state index contributed by atoms with van der Waals surface area (Å²) in [5.41, 5.74) is 1.57. The predicted molar refractivity (Wildman–Crippen MR) is 53.0 cm³/mol. The first-order valence-electron chi connectivity index (χ1n) is 4.77. The van der Waals surface area contributed by atoms with Crippen molar-refractivity contribution >= 4 is 13.2 Å². The number of hydrogen-bond donors (Lipinski definition) is 2. The van der Waals surface area contributed by atoms with Crippen LogP contribution in [0.2, 0.25) is 0 Å². The molecule has 0 bridgehead atoms. The fourth-order valence-electron chi connectivity index (χ4n) is 1.60. The van der Waals surface area contributed by atoms with Crippen LogP contribution in [0.25, 0.3) is 6.08 Å². The molecule has 0 saturated heterocycles. The molecule has 1 unspecified atom stereocenters. The number of rotatable bonds is 1. The van der Waals surface area contributed by atoms with Crippen LogP contribution in [0.1, 0.15) is 24.7 Å². The van der Waals surface area contributed by atoms with Crippen LogP contribution in [0.3, 0.4) is 0 Å². The molecule has 0 fully saturated rings. The van der Waals surface area contributed by atoms with Gasteiger partial charge >= 0.3 is 7.12 Å². The third-order valence-electron chi connectivity index (χ3n) is 2.25. The largest absolute Gasteiger partial charge is 0.459 e. The summed E-state index contributed by atoms with van der Waals surface area (Å²) in [5, 5.41) is 18.4. The minimum absolute atomic E-state index is 0.335. The van der Waals surface area contributed by atoms with Crippen LogP contribution in [0.4, 0.5) is 0 Å². The summed E-state index contributed by atoms with van der Waals surface area (Å²) in [6, 6.07) is 7.32. The van der Waals surface area contributed by atoms with Crippen LogP contribution in [-0.2, 0) is 0 Å². The van der Waals surface area contributed by atoms with Gasteiger partial charge in [-0.15, -0.1) is 0 Å². The van der Waals surface area contributed by atoms with E-state index in [1.54, 1.807) is 12.1 Å². The van der Waals surface area contributed by atoms with Crippen LogP contribution in [-0.4, -0.2) is 17.2 Å². The average molecular weight is 175 g/mol. The van der Waals surface area contributed by atoms with Gasteiger partial charge in [0.1, 0.15) is 0 Å². The molecule has 2 nitrogen and oxygen atoms in total. The van der Waals surface area contributed by atoms with Crippen LogP contribution in [0.15, 0.2) is 30.3 Å². The van der Waals surface area contributed by atoms with E-state index in [9.17, 15) is 10.0 Å². The number of hydrogen-bond acceptors (Lipinski definition) is 2. The lowest BCUT2D eigenvalue weighted by atomic mass is 9.64. The third-order valence-corrected chi connectivity index (χ3v) is 2.25. The standard InChI is InChI=1S/C10H11BO2/c12-11(13)10-7-3-5-8-4-1-2-6-9(8)10/h1-6,10,12-13H,7H2/i10D. The molecular formula is C10H11BO2. The number of fused-ring (bicyclic) bond motifs is 1. The summed E-state index contributed by atoms with van der Waals surface area (Å²) in [6.45, 7) is 0. The van der Waals surface area contributed by atoms with E-state index in [-0.39, 0.29) is 0 Å². The molecule has 0 spiro atoms. The second kappa shape index (κ2) is 3.36. The Morgan fingerprint density at radius 1 is 1.38 bits per heavy atom. The maximum Gasteiger partial charge on any atom is 0.459 e. The van der Waals surface area contributed by atoms with Gasteiger partial charge in [0, 0.05) is 7.16 Å². The Balaban J connectivity index is 2.56. The zero-order valence-electron chi connectivity index (χ0n) is 8.14. The normalized spacial score (nSPS) is 26.5. The van der Waals surface area contributed by atoms with Crippen LogP contribution >= 0.6 is 0 Å². The van der Waals surface area contributed by atoms with Gasteiger partial charge in [-0.2, -0.15) is 0 Å². The van der Waals surface area contributed by atoms with Crippen LogP contribution in [0, 0.1) is 0 Å². The van der Waals surface area contributed by atoms with Crippen molar-refractivity contribution in [1.29, 1.82) is 0 Å². The highest BCUT2D eigenvalue weighted by Crippen LogP contribution is 2.29. The van der Waals surface area contributed by atoms with Crippen molar-refractivity contribution in [3.63, 3.8) is 0 Å². The summed E-state index contributed by atoms with van der Waals surface area (Å²) >= 11 is 0. The highest BCUT2D eigenvalue weighted by atomic mass is 16.4. The van der Waals surface area contributed by atoms with E-state index in [1.807, 2.05) is 24.3 Å². The van der Waals surface area contributed by atoms with Gasteiger partial charge in [-0.1, -0.05) is 36.4 Å². The van der Waals surface area contributed by atoms with Gasteiger partial charge in [0.15, 0.2) is 0 Å². The Hall–Kier alpha value is -1.06. The van der Waals surface area contributed by atoms with Crippen LogP contribution in [0.5, 0.6) is 0 Å². The molecule has 66 valence electrons. The summed E-state index contributed by atoms with van der Waals surface area (Å²) < 4.78 is 8.01. The topological polar surface area (TPSA) is 40.5 Å². The first kappa shape index (κ1) is 7.36. The first-order valence-corrected chi connectivity index (χ1v) is 4.27. The molecule has 0 heterocycles. The smallest absolute Gasteiger partial charge is 0.427 e. The Morgan fingerprint density at radius 2 is 2.15 bits per heavy atom. The Morgan fingerprint density at radius 3 is 2.92 bits per heavy atom. The minimum Gasteiger partial charge on any atom is -0.427 e. The number of allylic oxidation sites excluding steroid dienone is 1. The molecular weight excluding hydrogens is 163 g/mol. The van der Waals surface area contributed by atoms with Crippen molar-refractivity contribution in [2.45, 2.75) is 12.2 Å². The minimum atomic E-state index is -1.64. The third kappa shape index (κ3) is 1.53. The van der Waals surface area contributed by atoms with Gasteiger partial charge in [0.05, 0.1) is 0 Å². The maximum absolute atomic E-state index is 9.22. The van der Waals surface area contributed by atoms with Gasteiger partial charge < -0.3 is 10.0 Å². The molecule has 1 aliphatic rings. The van der Waals surface area contributed by atoms with E-state index in [4.69, 9.17) is 1.37 Å². The molecule has 0 saturated carbocycles. The number of benzene rings is 1. The van der Waals surface area contributed by atoms with E-state index < -0.39 is 12.9 Å². The van der Waals surface area contributed by atoms with Crippen molar-refractivity contribution in [1.82, 2.24) is 0 Å². The molecule has 0 amide bonds. The fourth-order valence-corrected chi connectivity index (χ4v) is 1.60. The lowest BCUT2D eigenvalue weighted by Gasteiger charge is -2.20. The zero-order chi connectivity index (χ0) is 10.2. The molecule has 1 atom stereocenters. The van der Waals surface area contributed by atoms with E-state index in [2.05, 4.69) is 0 Å². The van der Waals surface area contributed by atoms with Gasteiger partial charge in [-0.3, -0.25) is 0 Å². The molecule has 2 rings (SSSR count). The fraction of sp³-hybridized carbons (Fsp3) is 0.200. The highest BCUT2D eigenvalue weighted by Gasteiger charge is 2.27. The van der Waals surface area contributed by atoms with Crippen molar-refractivity contribution in [2.75, 3.05) is 0 Å². The zero-order valence-corrected chi connectivity index (χ0v) is 7.14. The monoisotopic (exact) mass is 175 g/mol. The lowest BCUT2D eigenvalue weighted by molar-refractivity contribution is 0.387. The Labute approximate surface area is 79.1 Å². The molecule has 1 aliphatic carbocycles. The van der Waals surface area contributed by atoms with E-state index in [0.29, 0.717) is 12.0 Å². The molecule has 0 aliphatic heterocycles. The highest BCUT2D eigenvalue weighted by molar-refractivity contribution is 6.43. The van der Waals surface area contributed by atoms with Gasteiger partial charge in [-0.25, -0.2) is 0 Å². The molecule has 2 N–H and O–H groups in total. The molecule has 1 aromatic carbocycles. The summed E-state index contributed by atoms with van der Waals surface area (Å²) in [5.74, 6) is -1.31. The maximum atomic E-state index is 9.22. The van der Waals surface area contributed by atoms with E-state index in [1.165, 1.54) is 0 Å². The summed E-state index contributed by atoms with van der Waals surface area (Å²) in [6.07, 6.45) is 4.04. The first-order chi connectivity index (χ1) is 6.64. The molecule has 0 aromatic heterocycles. The van der Waals surface area contributed by atoms with Gasteiger partial charge in [0.25, 0.3) is 0 Å². The van der Waals surface area contributed by atoms with Crippen molar-refractivity contribution in [3.05, 3.63) is 41.5 Å². The Kier molecular flexibility index (Phi) is 1.90. The van der Waals surface area contributed by atoms with Crippen molar-refractivity contribution in [3.8, 4) is 0 Å². The molecule has 13 heavy (non-hydrogen) atoms. The quantitative estimate of drug-likeness (QED) is 0.629. The SMILES string of the molecule is [2H]C1(B(O)O)CC=Cc2ccccc21. The second-order valence-electron chi connectivity index (χ2n) is 3.09. The van der Waals surface area contributed by atoms with Gasteiger partial charge in [0.2, 0.25) is 0 Å². The summed E-state index contributed by atoms with van der Waals surface area (Å²) in [7, 11) is -1.64. The average Bonchev–Trinajstić information content (AvgIpc) is 2.18. The summed E-state index contributed by atoms with van der Waals surface area (Å²) in [4.78, 5) is 0. The van der Waals surface area contributed by atoms with E-state index >= 15 is 0 Å². The van der Waals surface area contributed by atoms with E-state index in [0.717, 1.165) is 5.56 Å². The molecule has 1 aromatic rings. The van der Waals surface area contributed by atoms with Crippen molar-refractivity contribution in [2.24, 2.45) is 0 Å². The molecule has 0 radical (unpaired) electrons. The van der Waals surface area contributed by atoms with Crippen molar-refractivity contribution < 1.29 is 11.4 Å².